The van der Waals surface area contributed by atoms with Gasteiger partial charge >= 0.3 is 5.97 Å². The zero-order valence-corrected chi connectivity index (χ0v) is 12.6. The maximum absolute atomic E-state index is 12.3. The number of rotatable bonds is 2. The maximum atomic E-state index is 12.3. The second kappa shape index (κ2) is 5.23. The van der Waals surface area contributed by atoms with E-state index in [4.69, 9.17) is 34.4 Å². The number of hydrogen-bond donors (Lipinski definition) is 0. The molecule has 0 N–H and O–H groups in total. The molecule has 0 saturated heterocycles. The Morgan fingerprint density at radius 3 is 2.60 bits per heavy atom. The zero-order chi connectivity index (χ0) is 14.9. The van der Waals surface area contributed by atoms with Crippen molar-refractivity contribution in [1.29, 1.82) is 5.26 Å². The number of carbonyl (C=O) groups excluding carboxylic acids is 1. The lowest BCUT2D eigenvalue weighted by Gasteiger charge is -2.19. The van der Waals surface area contributed by atoms with Crippen LogP contribution in [0.1, 0.15) is 13.8 Å². The molecule has 0 radical (unpaired) electrons. The Hall–Kier alpha value is -1.90. The maximum Gasteiger partial charge on any atom is 0.341 e. The van der Waals surface area contributed by atoms with Crippen LogP contribution in [-0.4, -0.2) is 21.3 Å². The van der Waals surface area contributed by atoms with Crippen molar-refractivity contribution in [2.24, 2.45) is 0 Å². The van der Waals surface area contributed by atoms with Crippen LogP contribution in [0.5, 0.6) is 0 Å². The van der Waals surface area contributed by atoms with Gasteiger partial charge in [0.1, 0.15) is 6.07 Å². The molecule has 100 valence electrons. The fourth-order valence-electron chi connectivity index (χ4n) is 1.81. The second-order valence-electron chi connectivity index (χ2n) is 4.81. The molecule has 0 amide bonds. The van der Waals surface area contributed by atoms with Crippen LogP contribution in [0.25, 0.3) is 11.6 Å². The van der Waals surface area contributed by atoms with E-state index in [0.29, 0.717) is 10.1 Å². The minimum absolute atomic E-state index is 0.256. The number of fused-ring (bicyclic) bond motifs is 1. The van der Waals surface area contributed by atoms with Gasteiger partial charge in [0, 0.05) is 0 Å². The van der Waals surface area contributed by atoms with E-state index < -0.39 is 11.6 Å². The van der Waals surface area contributed by atoms with Gasteiger partial charge in [0.25, 0.3) is 0 Å². The molecule has 1 aliphatic carbocycles. The van der Waals surface area contributed by atoms with E-state index in [2.05, 4.69) is 0 Å². The van der Waals surface area contributed by atoms with Crippen LogP contribution in [-0.2, 0) is 9.53 Å². The number of thiocarbonyl (C=S) groups is 2. The van der Waals surface area contributed by atoms with Gasteiger partial charge in [0.2, 0.25) is 0 Å². The molecular weight excluding hydrogens is 290 g/mol. The summed E-state index contributed by atoms with van der Waals surface area (Å²) in [5, 5.41) is 10.5. The van der Waals surface area contributed by atoms with Gasteiger partial charge in [0.15, 0.2) is 5.60 Å². The van der Waals surface area contributed by atoms with E-state index >= 15 is 0 Å². The fourth-order valence-corrected chi connectivity index (χ4v) is 2.29. The molecule has 0 spiro atoms. The molecule has 1 aliphatic rings. The highest BCUT2D eigenvalue weighted by Crippen LogP contribution is 2.14. The largest absolute Gasteiger partial charge is 0.441 e. The van der Waals surface area contributed by atoms with Crippen molar-refractivity contribution in [2.75, 3.05) is 0 Å². The molecule has 0 saturated carbocycles. The minimum atomic E-state index is -1.21. The average Bonchev–Trinajstić information content (AvgIpc) is 2.39. The molecule has 3 nitrogen and oxygen atoms in total. The molecule has 20 heavy (non-hydrogen) atoms. The minimum Gasteiger partial charge on any atom is -0.441 e. The van der Waals surface area contributed by atoms with E-state index in [0.717, 1.165) is 5.22 Å². The Balaban J connectivity index is 2.63. The highest BCUT2D eigenvalue weighted by Gasteiger charge is 2.28. The van der Waals surface area contributed by atoms with Gasteiger partial charge in [-0.05, 0) is 30.4 Å². The summed E-state index contributed by atoms with van der Waals surface area (Å²) in [4.78, 5) is 13.0. The van der Waals surface area contributed by atoms with Crippen LogP contribution in [0, 0.1) is 11.3 Å². The summed E-state index contributed by atoms with van der Waals surface area (Å²) >= 11 is 10.4. The van der Waals surface area contributed by atoms with Gasteiger partial charge in [-0.3, -0.25) is 0 Å². The number of benzene rings is 1. The predicted molar refractivity (Wildman–Crippen MR) is 84.5 cm³/mol. The van der Waals surface area contributed by atoms with Gasteiger partial charge in [-0.15, -0.1) is 0 Å². The molecule has 0 atom stereocenters. The molecule has 0 fully saturated rings. The van der Waals surface area contributed by atoms with Crippen LogP contribution in [0.2, 0.25) is 0 Å². The number of hydrogen-bond acceptors (Lipinski definition) is 5. The second-order valence-corrected chi connectivity index (χ2v) is 5.66. The van der Waals surface area contributed by atoms with Crippen molar-refractivity contribution in [2.45, 2.75) is 19.4 Å². The summed E-state index contributed by atoms with van der Waals surface area (Å²) in [6.07, 6.45) is 1.76. The molecule has 0 heterocycles. The van der Waals surface area contributed by atoms with Gasteiger partial charge in [-0.2, -0.15) is 5.26 Å². The molecule has 0 aliphatic heterocycles. The molecule has 0 aromatic heterocycles. The first-order chi connectivity index (χ1) is 9.35. The number of ether oxygens (including phenoxy) is 1. The van der Waals surface area contributed by atoms with Gasteiger partial charge in [-0.25, -0.2) is 4.79 Å². The predicted octanol–water partition coefficient (Wildman–Crippen LogP) is 1.22. The molecule has 0 unspecified atom stereocenters. The lowest BCUT2D eigenvalue weighted by Crippen LogP contribution is -2.40. The van der Waals surface area contributed by atoms with E-state index in [1.165, 1.54) is 13.8 Å². The number of esters is 1. The van der Waals surface area contributed by atoms with Crippen molar-refractivity contribution >= 4 is 51.8 Å². The molecule has 0 bridgehead atoms. The van der Waals surface area contributed by atoms with Crippen LogP contribution in [0.15, 0.2) is 24.3 Å². The quantitative estimate of drug-likeness (QED) is 0.607. The highest BCUT2D eigenvalue weighted by molar-refractivity contribution is 7.91. The normalized spacial score (nSPS) is 14.2. The Labute approximate surface area is 127 Å². The van der Waals surface area contributed by atoms with Crippen LogP contribution in [0.4, 0.5) is 0 Å². The lowest BCUT2D eigenvalue weighted by molar-refractivity contribution is -0.144. The summed E-state index contributed by atoms with van der Waals surface area (Å²) in [7, 11) is 0. The number of carbonyl (C=O) groups is 1. The third-order valence-corrected chi connectivity index (χ3v) is 3.66. The Morgan fingerprint density at radius 1 is 1.30 bits per heavy atom. The average molecular weight is 301 g/mol. The van der Waals surface area contributed by atoms with Crippen LogP contribution >= 0.6 is 24.4 Å². The van der Waals surface area contributed by atoms with Crippen molar-refractivity contribution in [3.63, 3.8) is 0 Å². The first-order valence-corrected chi connectivity index (χ1v) is 6.72. The van der Waals surface area contributed by atoms with Gasteiger partial charge < -0.3 is 4.74 Å². The van der Waals surface area contributed by atoms with Gasteiger partial charge in [-0.1, -0.05) is 48.7 Å². The summed E-state index contributed by atoms with van der Waals surface area (Å²) in [5.41, 5.74) is -0.955. The Bertz CT molecular complexity index is 785. The standard InChI is InChI=1S/C15H11NO2S2/c1-15(2,8-16)18-14(17)12-10-6-4-3-5-9(10)7-11(19)13(12)20/h3-7H,1-2H3. The highest BCUT2D eigenvalue weighted by atomic mass is 32.1. The zero-order valence-electron chi connectivity index (χ0n) is 11.0. The lowest BCUT2D eigenvalue weighted by atomic mass is 9.99. The van der Waals surface area contributed by atoms with E-state index in [1.54, 1.807) is 12.1 Å². The summed E-state index contributed by atoms with van der Waals surface area (Å²) in [6.45, 7) is 3.04. The number of nitrogens with zero attached hydrogens (tertiary/aromatic N) is 1. The molecule has 1 aromatic rings. The smallest absolute Gasteiger partial charge is 0.341 e. The Kier molecular flexibility index (Phi) is 3.80. The third-order valence-electron chi connectivity index (χ3n) is 2.79. The summed E-state index contributed by atoms with van der Waals surface area (Å²) in [5.74, 6) is -0.621. The molecule has 2 rings (SSSR count). The van der Waals surface area contributed by atoms with Crippen molar-refractivity contribution in [1.82, 2.24) is 0 Å². The van der Waals surface area contributed by atoms with Crippen molar-refractivity contribution < 1.29 is 9.53 Å². The first kappa shape index (κ1) is 14.5. The first-order valence-electron chi connectivity index (χ1n) is 5.90. The van der Waals surface area contributed by atoms with Crippen molar-refractivity contribution in [3.05, 3.63) is 34.7 Å². The van der Waals surface area contributed by atoms with Crippen LogP contribution in [0.3, 0.4) is 0 Å². The summed E-state index contributed by atoms with van der Waals surface area (Å²) in [6, 6.07) is 9.23. The van der Waals surface area contributed by atoms with E-state index in [-0.39, 0.29) is 10.4 Å². The fraction of sp³-hybridized carbons (Fsp3) is 0.200. The molecule has 5 heteroatoms. The van der Waals surface area contributed by atoms with E-state index in [9.17, 15) is 4.79 Å². The third kappa shape index (κ3) is 2.67. The van der Waals surface area contributed by atoms with Gasteiger partial charge in [0.05, 0.1) is 15.3 Å². The monoisotopic (exact) mass is 301 g/mol. The SMILES string of the molecule is CC(C)(C#N)OC(=O)C1=c2ccccc2=CC(=S)C1=S. The van der Waals surface area contributed by atoms with E-state index in [1.807, 2.05) is 24.3 Å². The Morgan fingerprint density at radius 2 is 1.95 bits per heavy atom. The topological polar surface area (TPSA) is 50.1 Å². The molecular formula is C15H11NO2S2. The summed E-state index contributed by atoms with van der Waals surface area (Å²) < 4.78 is 5.20. The molecule has 1 aromatic carbocycles. The van der Waals surface area contributed by atoms with Crippen LogP contribution < -0.4 is 10.4 Å². The number of nitriles is 1. The van der Waals surface area contributed by atoms with Crippen molar-refractivity contribution in [3.8, 4) is 6.07 Å².